The van der Waals surface area contributed by atoms with Crippen LogP contribution < -0.4 is 16.0 Å². The predicted molar refractivity (Wildman–Crippen MR) is 144 cm³/mol. The van der Waals surface area contributed by atoms with Gasteiger partial charge in [0.05, 0.1) is 23.7 Å². The van der Waals surface area contributed by atoms with Crippen LogP contribution in [0.1, 0.15) is 26.5 Å². The smallest absolute Gasteiger partial charge is 0.322 e. The monoisotopic (exact) mass is 496 g/mol. The first-order valence-corrected chi connectivity index (χ1v) is 12.2. The molecule has 180 valence electrons. The van der Waals surface area contributed by atoms with Crippen molar-refractivity contribution in [3.63, 3.8) is 0 Å². The third-order valence-electron chi connectivity index (χ3n) is 5.64. The van der Waals surface area contributed by atoms with Gasteiger partial charge < -0.3 is 16.0 Å². The minimum atomic E-state index is -0.369. The van der Waals surface area contributed by atoms with E-state index in [1.54, 1.807) is 47.9 Å². The van der Waals surface area contributed by atoms with Gasteiger partial charge in [-0.2, -0.15) is 5.10 Å². The summed E-state index contributed by atoms with van der Waals surface area (Å²) >= 11 is 1.65. The predicted octanol–water partition coefficient (Wildman–Crippen LogP) is 6.05. The van der Waals surface area contributed by atoms with Crippen LogP contribution in [0.4, 0.5) is 21.9 Å². The van der Waals surface area contributed by atoms with Crippen LogP contribution in [0.5, 0.6) is 0 Å². The van der Waals surface area contributed by atoms with Crippen molar-refractivity contribution in [3.8, 4) is 0 Å². The number of nitrogens with one attached hydrogen (secondary N) is 3. The van der Waals surface area contributed by atoms with Crippen molar-refractivity contribution in [3.05, 3.63) is 100 Å². The number of amides is 3. The first-order valence-electron chi connectivity index (χ1n) is 11.4. The molecule has 3 N–H and O–H groups in total. The number of anilines is 3. The summed E-state index contributed by atoms with van der Waals surface area (Å²) in [4.78, 5) is 31.6. The van der Waals surface area contributed by atoms with Crippen LogP contribution in [-0.2, 0) is 6.54 Å². The van der Waals surface area contributed by atoms with Gasteiger partial charge in [-0.3, -0.25) is 4.79 Å². The number of aryl methyl sites for hydroxylation is 2. The van der Waals surface area contributed by atoms with Gasteiger partial charge in [-0.15, -0.1) is 11.3 Å². The molecule has 0 bridgehead atoms. The lowest BCUT2D eigenvalue weighted by Gasteiger charge is -2.13. The molecule has 0 radical (unpaired) electrons. The highest BCUT2D eigenvalue weighted by Crippen LogP contribution is 2.25. The van der Waals surface area contributed by atoms with E-state index in [9.17, 15) is 9.59 Å². The summed E-state index contributed by atoms with van der Waals surface area (Å²) in [6.45, 7) is 4.35. The zero-order valence-corrected chi connectivity index (χ0v) is 20.6. The molecule has 0 atom stereocenters. The van der Waals surface area contributed by atoms with Gasteiger partial charge in [0, 0.05) is 27.6 Å². The second kappa shape index (κ2) is 10.0. The Balaban J connectivity index is 1.36. The largest absolute Gasteiger partial charge is 0.323 e. The number of aromatic nitrogens is 3. The highest BCUT2D eigenvalue weighted by molar-refractivity contribution is 7.09. The normalized spacial score (nSPS) is 10.8. The van der Waals surface area contributed by atoms with Crippen molar-refractivity contribution < 1.29 is 9.59 Å². The quantitative estimate of drug-likeness (QED) is 0.266. The van der Waals surface area contributed by atoms with Crippen LogP contribution in [0.25, 0.3) is 11.0 Å². The topological polar surface area (TPSA) is 101 Å². The van der Waals surface area contributed by atoms with Crippen LogP contribution in [0.15, 0.2) is 78.3 Å². The van der Waals surface area contributed by atoms with E-state index in [0.717, 1.165) is 16.1 Å². The maximum atomic E-state index is 13.4. The van der Waals surface area contributed by atoms with Crippen molar-refractivity contribution in [2.24, 2.45) is 0 Å². The molecule has 3 heterocycles. The lowest BCUT2D eigenvalue weighted by atomic mass is 10.1. The molecule has 0 aliphatic carbocycles. The number of fused-ring (bicyclic) bond motifs is 1. The fourth-order valence-corrected chi connectivity index (χ4v) is 4.55. The molecule has 3 amide bonds. The summed E-state index contributed by atoms with van der Waals surface area (Å²) in [5.74, 6) is -0.268. The Hall–Kier alpha value is -4.50. The van der Waals surface area contributed by atoms with Crippen LogP contribution in [-0.4, -0.2) is 26.7 Å². The first-order chi connectivity index (χ1) is 17.5. The zero-order valence-electron chi connectivity index (χ0n) is 19.8. The number of pyridine rings is 1. The molecule has 5 aromatic rings. The molecule has 0 spiro atoms. The summed E-state index contributed by atoms with van der Waals surface area (Å²) in [6, 6.07) is 20.0. The summed E-state index contributed by atoms with van der Waals surface area (Å²) in [5, 5.41) is 15.8. The Morgan fingerprint density at radius 2 is 1.72 bits per heavy atom. The van der Waals surface area contributed by atoms with Gasteiger partial charge in [-0.25, -0.2) is 14.5 Å². The van der Waals surface area contributed by atoms with Crippen molar-refractivity contribution in [1.82, 2.24) is 14.8 Å². The third-order valence-corrected chi connectivity index (χ3v) is 6.50. The number of carbonyl (C=O) groups is 2. The molecule has 5 rings (SSSR count). The van der Waals surface area contributed by atoms with E-state index in [2.05, 4.69) is 26.0 Å². The Kier molecular flexibility index (Phi) is 6.46. The van der Waals surface area contributed by atoms with E-state index in [1.807, 2.05) is 60.3 Å². The molecule has 36 heavy (non-hydrogen) atoms. The maximum absolute atomic E-state index is 13.4. The molecule has 0 saturated carbocycles. The van der Waals surface area contributed by atoms with Gasteiger partial charge in [0.25, 0.3) is 5.91 Å². The number of benzene rings is 2. The second-order valence-corrected chi connectivity index (χ2v) is 9.39. The number of thiophene rings is 1. The third kappa shape index (κ3) is 5.11. The first kappa shape index (κ1) is 23.3. The van der Waals surface area contributed by atoms with Gasteiger partial charge in [-0.05, 0) is 61.2 Å². The average molecular weight is 497 g/mol. The van der Waals surface area contributed by atoms with E-state index in [1.165, 1.54) is 0 Å². The highest BCUT2D eigenvalue weighted by Gasteiger charge is 2.17. The van der Waals surface area contributed by atoms with E-state index in [-0.39, 0.29) is 11.9 Å². The van der Waals surface area contributed by atoms with Crippen molar-refractivity contribution in [2.75, 3.05) is 16.0 Å². The standard InChI is InChI=1S/C27H24N6O2S/c1-17-10-11-20(31-27(35)30-19-7-4-3-5-8-19)14-24(17)32-26(34)22-13-18(2)29-25-23(22)15-28-33(25)16-21-9-6-12-36-21/h3-15H,16H2,1-2H3,(H,32,34)(H2,30,31,35). The molecule has 3 aromatic heterocycles. The Labute approximate surface area is 212 Å². The molecule has 0 unspecified atom stereocenters. The van der Waals surface area contributed by atoms with Gasteiger partial charge in [0.15, 0.2) is 5.65 Å². The number of para-hydroxylation sites is 1. The van der Waals surface area contributed by atoms with Crippen LogP contribution in [0.3, 0.4) is 0 Å². The molecule has 0 saturated heterocycles. The molecule has 8 nitrogen and oxygen atoms in total. The molecular weight excluding hydrogens is 472 g/mol. The Bertz CT molecular complexity index is 1540. The molecule has 2 aromatic carbocycles. The van der Waals surface area contributed by atoms with Crippen LogP contribution >= 0.6 is 11.3 Å². The van der Waals surface area contributed by atoms with Gasteiger partial charge in [-0.1, -0.05) is 30.3 Å². The van der Waals surface area contributed by atoms with E-state index < -0.39 is 0 Å². The lowest BCUT2D eigenvalue weighted by molar-refractivity contribution is 0.102. The summed E-state index contributed by atoms with van der Waals surface area (Å²) in [7, 11) is 0. The second-order valence-electron chi connectivity index (χ2n) is 8.36. The molecule has 0 aliphatic rings. The fourth-order valence-electron chi connectivity index (χ4n) is 3.87. The maximum Gasteiger partial charge on any atom is 0.323 e. The number of urea groups is 1. The summed E-state index contributed by atoms with van der Waals surface area (Å²) in [5.41, 5.74) is 4.61. The Morgan fingerprint density at radius 3 is 2.50 bits per heavy atom. The van der Waals surface area contributed by atoms with E-state index in [0.29, 0.717) is 40.2 Å². The minimum absolute atomic E-state index is 0.268. The SMILES string of the molecule is Cc1cc(C(=O)Nc2cc(NC(=O)Nc3ccccc3)ccc2C)c2cnn(Cc3cccs3)c2n1. The molecule has 0 aliphatic heterocycles. The summed E-state index contributed by atoms with van der Waals surface area (Å²) < 4.78 is 1.81. The van der Waals surface area contributed by atoms with E-state index in [4.69, 9.17) is 0 Å². The van der Waals surface area contributed by atoms with Crippen molar-refractivity contribution in [2.45, 2.75) is 20.4 Å². The average Bonchev–Trinajstić information content (AvgIpc) is 3.52. The van der Waals surface area contributed by atoms with Gasteiger partial charge in [0.1, 0.15) is 0 Å². The van der Waals surface area contributed by atoms with E-state index >= 15 is 0 Å². The van der Waals surface area contributed by atoms with Gasteiger partial charge in [0.2, 0.25) is 0 Å². The lowest BCUT2D eigenvalue weighted by Crippen LogP contribution is -2.20. The van der Waals surface area contributed by atoms with Gasteiger partial charge >= 0.3 is 6.03 Å². The van der Waals surface area contributed by atoms with Crippen LogP contribution in [0.2, 0.25) is 0 Å². The fraction of sp³-hybridized carbons (Fsp3) is 0.111. The number of hydrogen-bond donors (Lipinski definition) is 3. The Morgan fingerprint density at radius 1 is 0.917 bits per heavy atom. The highest BCUT2D eigenvalue weighted by atomic mass is 32.1. The number of carbonyl (C=O) groups excluding carboxylic acids is 2. The molecule has 0 fully saturated rings. The molecular formula is C27H24N6O2S. The van der Waals surface area contributed by atoms with Crippen molar-refractivity contribution in [1.29, 1.82) is 0 Å². The minimum Gasteiger partial charge on any atom is -0.322 e. The summed E-state index contributed by atoms with van der Waals surface area (Å²) in [6.07, 6.45) is 1.68. The number of hydrogen-bond acceptors (Lipinski definition) is 5. The van der Waals surface area contributed by atoms with Crippen molar-refractivity contribution >= 4 is 51.4 Å². The zero-order chi connectivity index (χ0) is 25.1. The molecule has 9 heteroatoms. The number of nitrogens with zero attached hydrogens (tertiary/aromatic N) is 3. The number of rotatable bonds is 6. The van der Waals surface area contributed by atoms with Crippen LogP contribution in [0, 0.1) is 13.8 Å².